The average molecular weight is 390 g/mol. The molecule has 1 rings (SSSR count). The van der Waals surface area contributed by atoms with E-state index in [2.05, 4.69) is 5.32 Å². The lowest BCUT2D eigenvalue weighted by Gasteiger charge is -2.17. The first-order valence-electron chi connectivity index (χ1n) is 7.49. The zero-order valence-corrected chi connectivity index (χ0v) is 15.6. The molecule has 0 aliphatic carbocycles. The molecule has 138 valence electrons. The third-order valence-electron chi connectivity index (χ3n) is 2.81. The van der Waals surface area contributed by atoms with Crippen molar-refractivity contribution < 1.29 is 29.0 Å². The fraction of sp³-hybridized carbons (Fsp3) is 0.438. The zero-order valence-electron chi connectivity index (χ0n) is 14.0. The molecular weight excluding hydrogens is 370 g/mol. The molecule has 0 unspecified atom stereocenters. The Morgan fingerprint density at radius 1 is 1.24 bits per heavy atom. The maximum absolute atomic E-state index is 11.7. The third kappa shape index (κ3) is 8.13. The highest BCUT2D eigenvalue weighted by atomic mass is 35.5. The molecule has 0 aliphatic heterocycles. The number of carbonyl (C=O) groups excluding carboxylic acids is 2. The highest BCUT2D eigenvalue weighted by molar-refractivity contribution is 8.00. The standard InChI is InChI=1S/C16H20ClNO6S/c1-9(2)15(21)23-10(3)24-16(22)18-8-13(14(19)20)25-12-6-4-5-11(17)7-12/h4-7,9-10,13H,8H2,1-3H3,(H,18,22)(H,19,20)/t10-,13-/m0/s1. The highest BCUT2D eigenvalue weighted by Gasteiger charge is 2.22. The first-order chi connectivity index (χ1) is 11.7. The van der Waals surface area contributed by atoms with Crippen molar-refractivity contribution in [1.29, 1.82) is 0 Å². The lowest BCUT2D eigenvalue weighted by atomic mass is 10.2. The molecule has 0 heterocycles. The van der Waals surface area contributed by atoms with Gasteiger partial charge >= 0.3 is 18.0 Å². The summed E-state index contributed by atoms with van der Waals surface area (Å²) in [6.07, 6.45) is -1.94. The summed E-state index contributed by atoms with van der Waals surface area (Å²) in [4.78, 5) is 35.1. The molecule has 0 bridgehead atoms. The van der Waals surface area contributed by atoms with Gasteiger partial charge in [-0.1, -0.05) is 31.5 Å². The molecule has 0 saturated heterocycles. The van der Waals surface area contributed by atoms with Crippen molar-refractivity contribution in [3.63, 3.8) is 0 Å². The van der Waals surface area contributed by atoms with Gasteiger partial charge in [-0.2, -0.15) is 0 Å². The van der Waals surface area contributed by atoms with Crippen LogP contribution < -0.4 is 5.32 Å². The molecule has 0 aromatic heterocycles. The minimum Gasteiger partial charge on any atom is -0.480 e. The number of carboxylic acids is 1. The number of nitrogens with one attached hydrogen (secondary N) is 1. The molecule has 2 N–H and O–H groups in total. The number of ether oxygens (including phenoxy) is 2. The van der Waals surface area contributed by atoms with Crippen molar-refractivity contribution in [1.82, 2.24) is 5.32 Å². The lowest BCUT2D eigenvalue weighted by molar-refractivity contribution is -0.168. The number of carboxylic acid groups (broad SMARTS) is 1. The predicted octanol–water partition coefficient (Wildman–Crippen LogP) is 3.16. The summed E-state index contributed by atoms with van der Waals surface area (Å²) in [5.74, 6) is -1.94. The first-order valence-corrected chi connectivity index (χ1v) is 8.74. The summed E-state index contributed by atoms with van der Waals surface area (Å²) in [5, 5.41) is 11.2. The van der Waals surface area contributed by atoms with Gasteiger partial charge in [0.1, 0.15) is 5.25 Å². The zero-order chi connectivity index (χ0) is 19.0. The van der Waals surface area contributed by atoms with Gasteiger partial charge < -0.3 is 19.9 Å². The van der Waals surface area contributed by atoms with E-state index < -0.39 is 29.6 Å². The van der Waals surface area contributed by atoms with E-state index in [4.69, 9.17) is 21.1 Å². The summed E-state index contributed by atoms with van der Waals surface area (Å²) in [6.45, 7) is 4.53. The van der Waals surface area contributed by atoms with Crippen LogP contribution >= 0.6 is 23.4 Å². The van der Waals surface area contributed by atoms with Crippen LogP contribution in [0.2, 0.25) is 5.02 Å². The first kappa shape index (κ1) is 21.1. The molecule has 0 aliphatic rings. The van der Waals surface area contributed by atoms with Crippen molar-refractivity contribution in [2.75, 3.05) is 6.54 Å². The van der Waals surface area contributed by atoms with Crippen LogP contribution in [-0.4, -0.2) is 41.2 Å². The van der Waals surface area contributed by atoms with Gasteiger partial charge in [-0.15, -0.1) is 11.8 Å². The van der Waals surface area contributed by atoms with Gasteiger partial charge in [-0.3, -0.25) is 9.59 Å². The molecule has 1 amide bonds. The minimum atomic E-state index is -1.09. The number of amides is 1. The molecule has 7 nitrogen and oxygen atoms in total. The van der Waals surface area contributed by atoms with E-state index in [1.165, 1.54) is 6.92 Å². The van der Waals surface area contributed by atoms with Gasteiger partial charge in [0.05, 0.1) is 5.92 Å². The van der Waals surface area contributed by atoms with Gasteiger partial charge in [0, 0.05) is 23.4 Å². The van der Waals surface area contributed by atoms with Gasteiger partial charge in [0.2, 0.25) is 6.29 Å². The Morgan fingerprint density at radius 3 is 2.48 bits per heavy atom. The number of rotatable bonds is 8. The molecule has 1 aromatic carbocycles. The SMILES string of the molecule is CC(C)C(=O)O[C@H](C)OC(=O)NC[C@H](Sc1cccc(Cl)c1)C(=O)O. The van der Waals surface area contributed by atoms with Crippen LogP contribution in [0.25, 0.3) is 0 Å². The van der Waals surface area contributed by atoms with Crippen LogP contribution in [-0.2, 0) is 19.1 Å². The van der Waals surface area contributed by atoms with Gasteiger partial charge in [0.15, 0.2) is 0 Å². The summed E-state index contributed by atoms with van der Waals surface area (Å²) < 4.78 is 9.74. The molecule has 0 fully saturated rings. The summed E-state index contributed by atoms with van der Waals surface area (Å²) in [5.41, 5.74) is 0. The van der Waals surface area contributed by atoms with Gasteiger partial charge in [-0.05, 0) is 18.2 Å². The highest BCUT2D eigenvalue weighted by Crippen LogP contribution is 2.25. The van der Waals surface area contributed by atoms with E-state index in [9.17, 15) is 19.5 Å². The van der Waals surface area contributed by atoms with Crippen molar-refractivity contribution in [3.8, 4) is 0 Å². The Bertz CT molecular complexity index is 624. The Balaban J connectivity index is 2.50. The number of hydrogen-bond donors (Lipinski definition) is 2. The minimum absolute atomic E-state index is 0.170. The normalized spacial score (nSPS) is 13.0. The number of esters is 1. The predicted molar refractivity (Wildman–Crippen MR) is 93.6 cm³/mol. The maximum Gasteiger partial charge on any atom is 0.410 e. The number of carbonyl (C=O) groups is 3. The van der Waals surface area contributed by atoms with Crippen LogP contribution in [0, 0.1) is 5.92 Å². The Morgan fingerprint density at radius 2 is 1.92 bits per heavy atom. The molecule has 1 aromatic rings. The summed E-state index contributed by atoms with van der Waals surface area (Å²) in [6, 6.07) is 6.74. The lowest BCUT2D eigenvalue weighted by Crippen LogP contribution is -2.37. The van der Waals surface area contributed by atoms with E-state index >= 15 is 0 Å². The largest absolute Gasteiger partial charge is 0.480 e. The number of halogens is 1. The number of hydrogen-bond acceptors (Lipinski definition) is 6. The second-order valence-electron chi connectivity index (χ2n) is 5.35. The van der Waals surface area contributed by atoms with E-state index in [0.717, 1.165) is 11.8 Å². The van der Waals surface area contributed by atoms with Crippen molar-refractivity contribution in [2.45, 2.75) is 37.2 Å². The maximum atomic E-state index is 11.7. The Hall–Kier alpha value is -1.93. The smallest absolute Gasteiger partial charge is 0.410 e. The van der Waals surface area contributed by atoms with Crippen LogP contribution in [0.15, 0.2) is 29.2 Å². The Labute approximate surface area is 155 Å². The Kier molecular flexibility index (Phi) is 8.57. The molecule has 0 spiro atoms. The van der Waals surface area contributed by atoms with Crippen LogP contribution in [0.3, 0.4) is 0 Å². The number of thioether (sulfide) groups is 1. The summed E-state index contributed by atoms with van der Waals surface area (Å²) >= 11 is 6.91. The number of alkyl carbamates (subject to hydrolysis) is 1. The van der Waals surface area contributed by atoms with Crippen LogP contribution in [0.1, 0.15) is 20.8 Å². The monoisotopic (exact) mass is 389 g/mol. The molecule has 25 heavy (non-hydrogen) atoms. The summed E-state index contributed by atoms with van der Waals surface area (Å²) in [7, 11) is 0. The number of benzene rings is 1. The van der Waals surface area contributed by atoms with Crippen LogP contribution in [0.5, 0.6) is 0 Å². The van der Waals surface area contributed by atoms with Crippen molar-refractivity contribution >= 4 is 41.4 Å². The van der Waals surface area contributed by atoms with E-state index in [-0.39, 0.29) is 12.5 Å². The molecule has 0 saturated carbocycles. The second kappa shape index (κ2) is 10.1. The van der Waals surface area contributed by atoms with Crippen LogP contribution in [0.4, 0.5) is 4.79 Å². The molecular formula is C16H20ClNO6S. The fourth-order valence-corrected chi connectivity index (χ4v) is 2.78. The van der Waals surface area contributed by atoms with E-state index in [0.29, 0.717) is 9.92 Å². The van der Waals surface area contributed by atoms with E-state index in [1.54, 1.807) is 38.1 Å². The van der Waals surface area contributed by atoms with E-state index in [1.807, 2.05) is 0 Å². The topological polar surface area (TPSA) is 102 Å². The van der Waals surface area contributed by atoms with Gasteiger partial charge in [0.25, 0.3) is 0 Å². The second-order valence-corrected chi connectivity index (χ2v) is 7.06. The van der Waals surface area contributed by atoms with Crippen molar-refractivity contribution in [3.05, 3.63) is 29.3 Å². The third-order valence-corrected chi connectivity index (χ3v) is 4.22. The molecule has 2 atom stereocenters. The van der Waals surface area contributed by atoms with Crippen molar-refractivity contribution in [2.24, 2.45) is 5.92 Å². The molecule has 0 radical (unpaired) electrons. The number of aliphatic carboxylic acids is 1. The molecule has 9 heteroatoms. The quantitative estimate of drug-likeness (QED) is 0.400. The fourth-order valence-electron chi connectivity index (χ4n) is 1.58. The average Bonchev–Trinajstić information content (AvgIpc) is 2.50. The van der Waals surface area contributed by atoms with Gasteiger partial charge in [-0.25, -0.2) is 4.79 Å².